The molecule has 88 valence electrons. The van der Waals surface area contributed by atoms with Gasteiger partial charge in [0, 0.05) is 16.9 Å². The van der Waals surface area contributed by atoms with Crippen LogP contribution in [0.5, 0.6) is 0 Å². The molecule has 0 amide bonds. The van der Waals surface area contributed by atoms with Crippen molar-refractivity contribution in [3.8, 4) is 10.6 Å². The SMILES string of the molecule is OC1CCc2nc(-c3ccc(F)cc3)sc2C1. The smallest absolute Gasteiger partial charge is 0.123 e. The molecule has 4 heteroatoms. The van der Waals surface area contributed by atoms with Crippen molar-refractivity contribution >= 4 is 11.3 Å². The van der Waals surface area contributed by atoms with Crippen LogP contribution in [0.4, 0.5) is 4.39 Å². The predicted octanol–water partition coefficient (Wildman–Crippen LogP) is 2.80. The lowest BCUT2D eigenvalue weighted by Gasteiger charge is -2.14. The number of nitrogens with zero attached hydrogens (tertiary/aromatic N) is 1. The van der Waals surface area contributed by atoms with Crippen molar-refractivity contribution in [1.82, 2.24) is 4.98 Å². The zero-order valence-electron chi connectivity index (χ0n) is 9.19. The summed E-state index contributed by atoms with van der Waals surface area (Å²) in [6.07, 6.45) is 2.10. The zero-order chi connectivity index (χ0) is 11.8. The molecule has 1 atom stereocenters. The monoisotopic (exact) mass is 249 g/mol. The number of fused-ring (bicyclic) bond motifs is 1. The molecule has 0 saturated carbocycles. The molecule has 1 aliphatic carbocycles. The molecule has 1 aromatic carbocycles. The highest BCUT2D eigenvalue weighted by molar-refractivity contribution is 7.15. The van der Waals surface area contributed by atoms with Crippen molar-refractivity contribution in [3.05, 3.63) is 40.7 Å². The van der Waals surface area contributed by atoms with E-state index in [4.69, 9.17) is 0 Å². The number of hydrogen-bond donors (Lipinski definition) is 1. The molecule has 1 aromatic heterocycles. The van der Waals surface area contributed by atoms with Crippen LogP contribution >= 0.6 is 11.3 Å². The second-order valence-corrected chi connectivity index (χ2v) is 5.38. The number of aliphatic hydroxyl groups excluding tert-OH is 1. The van der Waals surface area contributed by atoms with E-state index in [9.17, 15) is 9.50 Å². The van der Waals surface area contributed by atoms with E-state index in [2.05, 4.69) is 4.98 Å². The van der Waals surface area contributed by atoms with E-state index >= 15 is 0 Å². The molecule has 0 spiro atoms. The summed E-state index contributed by atoms with van der Waals surface area (Å²) in [7, 11) is 0. The van der Waals surface area contributed by atoms with Gasteiger partial charge >= 0.3 is 0 Å². The van der Waals surface area contributed by atoms with Gasteiger partial charge < -0.3 is 5.11 Å². The highest BCUT2D eigenvalue weighted by Crippen LogP contribution is 2.32. The summed E-state index contributed by atoms with van der Waals surface area (Å²) in [4.78, 5) is 5.74. The summed E-state index contributed by atoms with van der Waals surface area (Å²) < 4.78 is 12.8. The molecule has 17 heavy (non-hydrogen) atoms. The molecule has 2 nitrogen and oxygen atoms in total. The fraction of sp³-hybridized carbons (Fsp3) is 0.308. The van der Waals surface area contributed by atoms with Gasteiger partial charge in [-0.2, -0.15) is 0 Å². The molecule has 1 unspecified atom stereocenters. The van der Waals surface area contributed by atoms with Gasteiger partial charge in [-0.15, -0.1) is 11.3 Å². The van der Waals surface area contributed by atoms with E-state index in [1.807, 2.05) is 0 Å². The van der Waals surface area contributed by atoms with E-state index in [0.29, 0.717) is 6.42 Å². The number of rotatable bonds is 1. The summed E-state index contributed by atoms with van der Waals surface area (Å²) >= 11 is 1.60. The van der Waals surface area contributed by atoms with Gasteiger partial charge in [-0.1, -0.05) is 0 Å². The van der Waals surface area contributed by atoms with Gasteiger partial charge in [0.1, 0.15) is 10.8 Å². The molecule has 0 bridgehead atoms. The van der Waals surface area contributed by atoms with Crippen molar-refractivity contribution in [3.63, 3.8) is 0 Å². The van der Waals surface area contributed by atoms with E-state index in [-0.39, 0.29) is 11.9 Å². The van der Waals surface area contributed by atoms with Crippen LogP contribution in [-0.2, 0) is 12.8 Å². The van der Waals surface area contributed by atoms with Crippen LogP contribution in [0.15, 0.2) is 24.3 Å². The normalized spacial score (nSPS) is 19.1. The molecule has 1 N–H and O–H groups in total. The van der Waals surface area contributed by atoms with Crippen molar-refractivity contribution in [2.24, 2.45) is 0 Å². The Morgan fingerprint density at radius 1 is 1.29 bits per heavy atom. The Balaban J connectivity index is 1.97. The number of halogens is 1. The standard InChI is InChI=1S/C13H12FNOS/c14-9-3-1-8(2-4-9)13-15-11-6-5-10(16)7-12(11)17-13/h1-4,10,16H,5-7H2. The average molecular weight is 249 g/mol. The molecule has 0 saturated heterocycles. The third-order valence-corrected chi connectivity index (χ3v) is 4.17. The maximum Gasteiger partial charge on any atom is 0.123 e. The highest BCUT2D eigenvalue weighted by Gasteiger charge is 2.21. The van der Waals surface area contributed by atoms with Gasteiger partial charge in [0.15, 0.2) is 0 Å². The second-order valence-electron chi connectivity index (χ2n) is 4.29. The fourth-order valence-electron chi connectivity index (χ4n) is 2.07. The lowest BCUT2D eigenvalue weighted by atomic mass is 10.0. The van der Waals surface area contributed by atoms with Crippen LogP contribution in [0.2, 0.25) is 0 Å². The minimum absolute atomic E-state index is 0.231. The van der Waals surface area contributed by atoms with Gasteiger partial charge in [-0.25, -0.2) is 9.37 Å². The Hall–Kier alpha value is -1.26. The summed E-state index contributed by atoms with van der Waals surface area (Å²) in [5.41, 5.74) is 2.04. The fourth-order valence-corrected chi connectivity index (χ4v) is 3.26. The first-order chi connectivity index (χ1) is 8.22. The van der Waals surface area contributed by atoms with Crippen LogP contribution in [0.3, 0.4) is 0 Å². The topological polar surface area (TPSA) is 33.1 Å². The molecule has 0 fully saturated rings. The Morgan fingerprint density at radius 3 is 2.82 bits per heavy atom. The van der Waals surface area contributed by atoms with E-state index in [0.717, 1.165) is 29.1 Å². The minimum Gasteiger partial charge on any atom is -0.393 e. The van der Waals surface area contributed by atoms with E-state index in [1.54, 1.807) is 23.5 Å². The Morgan fingerprint density at radius 2 is 2.06 bits per heavy atom. The van der Waals surface area contributed by atoms with Gasteiger partial charge in [0.2, 0.25) is 0 Å². The number of thiazole rings is 1. The largest absolute Gasteiger partial charge is 0.393 e. The Bertz CT molecular complexity index is 535. The molecule has 3 rings (SSSR count). The van der Waals surface area contributed by atoms with Crippen LogP contribution in [0.1, 0.15) is 17.0 Å². The maximum atomic E-state index is 12.8. The molecule has 0 radical (unpaired) electrons. The summed E-state index contributed by atoms with van der Waals surface area (Å²) in [5, 5.41) is 10.5. The molecule has 2 aromatic rings. The molecule has 1 heterocycles. The molecule has 1 aliphatic rings. The third kappa shape index (κ3) is 2.10. The summed E-state index contributed by atoms with van der Waals surface area (Å²) in [5.74, 6) is -0.231. The van der Waals surface area contributed by atoms with Gasteiger partial charge in [-0.3, -0.25) is 0 Å². The lowest BCUT2D eigenvalue weighted by molar-refractivity contribution is 0.159. The summed E-state index contributed by atoms with van der Waals surface area (Å²) in [6.45, 7) is 0. The Labute approximate surface area is 103 Å². The van der Waals surface area contributed by atoms with Crippen molar-refractivity contribution < 1.29 is 9.50 Å². The van der Waals surface area contributed by atoms with Crippen LogP contribution in [0.25, 0.3) is 10.6 Å². The van der Waals surface area contributed by atoms with E-state index in [1.165, 1.54) is 17.0 Å². The number of hydrogen-bond acceptors (Lipinski definition) is 3. The minimum atomic E-state index is -0.232. The number of aliphatic hydroxyl groups is 1. The molecule has 0 aliphatic heterocycles. The lowest BCUT2D eigenvalue weighted by Crippen LogP contribution is -2.17. The highest BCUT2D eigenvalue weighted by atomic mass is 32.1. The van der Waals surface area contributed by atoms with Crippen molar-refractivity contribution in [1.29, 1.82) is 0 Å². The van der Waals surface area contributed by atoms with Crippen LogP contribution in [0, 0.1) is 5.82 Å². The predicted molar refractivity (Wildman–Crippen MR) is 65.5 cm³/mol. The van der Waals surface area contributed by atoms with Crippen LogP contribution in [-0.4, -0.2) is 16.2 Å². The van der Waals surface area contributed by atoms with Crippen molar-refractivity contribution in [2.45, 2.75) is 25.4 Å². The maximum absolute atomic E-state index is 12.8. The number of aryl methyl sites for hydroxylation is 1. The van der Waals surface area contributed by atoms with Crippen LogP contribution < -0.4 is 0 Å². The number of aromatic nitrogens is 1. The van der Waals surface area contributed by atoms with E-state index < -0.39 is 0 Å². The van der Waals surface area contributed by atoms with Gasteiger partial charge in [0.05, 0.1) is 11.8 Å². The zero-order valence-corrected chi connectivity index (χ0v) is 10.0. The van der Waals surface area contributed by atoms with Crippen molar-refractivity contribution in [2.75, 3.05) is 0 Å². The Kier molecular flexibility index (Phi) is 2.68. The average Bonchev–Trinajstić information content (AvgIpc) is 2.72. The number of benzene rings is 1. The second kappa shape index (κ2) is 4.20. The summed E-state index contributed by atoms with van der Waals surface area (Å²) in [6, 6.07) is 6.39. The van der Waals surface area contributed by atoms with Gasteiger partial charge in [-0.05, 0) is 37.1 Å². The third-order valence-electron chi connectivity index (χ3n) is 3.00. The molecular weight excluding hydrogens is 237 g/mol. The first-order valence-corrected chi connectivity index (χ1v) is 6.46. The first-order valence-electron chi connectivity index (χ1n) is 5.65. The first kappa shape index (κ1) is 10.9. The van der Waals surface area contributed by atoms with Gasteiger partial charge in [0.25, 0.3) is 0 Å². The molecular formula is C13H12FNOS. The quantitative estimate of drug-likeness (QED) is 0.843.